The van der Waals surface area contributed by atoms with Crippen LogP contribution >= 0.6 is 22.9 Å². The maximum atomic E-state index is 10.4. The van der Waals surface area contributed by atoms with Crippen molar-refractivity contribution in [2.45, 2.75) is 4.90 Å². The van der Waals surface area contributed by atoms with Gasteiger partial charge in [-0.1, -0.05) is 11.6 Å². The molecule has 0 unspecified atom stereocenters. The summed E-state index contributed by atoms with van der Waals surface area (Å²) in [6.07, 6.45) is 0. The molecule has 1 N–H and O–H groups in total. The molecule has 0 spiro atoms. The Balaban J connectivity index is 0.000001000. The predicted octanol–water partition coefficient (Wildman–Crippen LogP) is 1.000. The van der Waals surface area contributed by atoms with Crippen molar-refractivity contribution in [1.82, 2.24) is 0 Å². The molecule has 0 aliphatic heterocycles. The molecule has 58 valence electrons. The van der Waals surface area contributed by atoms with Gasteiger partial charge in [-0.2, -0.15) is 8.42 Å². The van der Waals surface area contributed by atoms with Crippen molar-refractivity contribution in [3.63, 3.8) is 0 Å². The van der Waals surface area contributed by atoms with E-state index >= 15 is 0 Å². The molecule has 1 heterocycles. The van der Waals surface area contributed by atoms with Crippen LogP contribution in [0.4, 0.5) is 0 Å². The monoisotopic (exact) mass is 238 g/mol. The molecule has 0 fully saturated rings. The summed E-state index contributed by atoms with van der Waals surface area (Å²) in [5.74, 6) is 0. The summed E-state index contributed by atoms with van der Waals surface area (Å²) in [7, 11) is -4.11. The van der Waals surface area contributed by atoms with E-state index in [0.717, 1.165) is 11.3 Å². The second kappa shape index (κ2) is 4.68. The van der Waals surface area contributed by atoms with Gasteiger partial charge in [0.25, 0.3) is 10.1 Å². The molecule has 0 atom stereocenters. The van der Waals surface area contributed by atoms with Crippen molar-refractivity contribution >= 4 is 84.4 Å². The average molecular weight is 239 g/mol. The van der Waals surface area contributed by atoms with Crippen molar-refractivity contribution in [3.8, 4) is 0 Å². The Morgan fingerprint density at radius 2 is 2.09 bits per heavy atom. The molecular formula is C4H4ClKO3S2. The molecule has 1 aromatic heterocycles. The fraction of sp³-hybridized carbons (Fsp3) is 0. The Kier molecular flexibility index (Phi) is 5.34. The van der Waals surface area contributed by atoms with E-state index in [0.29, 0.717) is 0 Å². The van der Waals surface area contributed by atoms with E-state index in [4.69, 9.17) is 16.2 Å². The predicted molar refractivity (Wildman–Crippen MR) is 46.3 cm³/mol. The molecule has 7 heteroatoms. The van der Waals surface area contributed by atoms with Crippen LogP contribution in [0.5, 0.6) is 0 Å². The van der Waals surface area contributed by atoms with Crippen LogP contribution in [0.3, 0.4) is 0 Å². The number of hydrogen-bond acceptors (Lipinski definition) is 3. The van der Waals surface area contributed by atoms with Crippen molar-refractivity contribution < 1.29 is 13.0 Å². The van der Waals surface area contributed by atoms with Crippen molar-refractivity contribution in [3.05, 3.63) is 15.8 Å². The molecule has 1 rings (SSSR count). The van der Waals surface area contributed by atoms with Crippen LogP contribution in [-0.2, 0) is 10.1 Å². The zero-order chi connectivity index (χ0) is 7.78. The molecule has 11 heavy (non-hydrogen) atoms. The summed E-state index contributed by atoms with van der Waals surface area (Å²) in [5, 5.41) is 1.49. The summed E-state index contributed by atoms with van der Waals surface area (Å²) < 4.78 is 29.3. The summed E-state index contributed by atoms with van der Waals surface area (Å²) in [5.41, 5.74) is 0. The first kappa shape index (κ1) is 12.5. The molecule has 0 radical (unpaired) electrons. The normalized spacial score (nSPS) is 10.7. The number of thiophene rings is 1. The van der Waals surface area contributed by atoms with Crippen LogP contribution in [-0.4, -0.2) is 64.4 Å². The number of hydrogen-bond donors (Lipinski definition) is 1. The van der Waals surface area contributed by atoms with Gasteiger partial charge in [-0.3, -0.25) is 4.55 Å². The zero-order valence-corrected chi connectivity index (χ0v) is 7.00. The quantitative estimate of drug-likeness (QED) is 0.587. The molecular weight excluding hydrogens is 235 g/mol. The Morgan fingerprint density at radius 1 is 1.55 bits per heavy atom. The first-order valence-electron chi connectivity index (χ1n) is 2.22. The molecule has 1 aromatic rings. The molecule has 0 aliphatic carbocycles. The number of rotatable bonds is 1. The minimum atomic E-state index is -4.11. The van der Waals surface area contributed by atoms with Crippen LogP contribution in [0.1, 0.15) is 0 Å². The first-order chi connectivity index (χ1) is 4.52. The molecule has 0 aliphatic rings. The molecule has 3 nitrogen and oxygen atoms in total. The Bertz CT molecular complexity index is 331. The van der Waals surface area contributed by atoms with Gasteiger partial charge in [0.1, 0.15) is 9.23 Å². The molecule has 0 aromatic carbocycles. The Hall–Kier alpha value is 1.54. The van der Waals surface area contributed by atoms with Gasteiger partial charge in [0.2, 0.25) is 0 Å². The fourth-order valence-electron chi connectivity index (χ4n) is 0.467. The van der Waals surface area contributed by atoms with Gasteiger partial charge >= 0.3 is 51.4 Å². The van der Waals surface area contributed by atoms with Gasteiger partial charge in [0, 0.05) is 0 Å². The van der Waals surface area contributed by atoms with Gasteiger partial charge in [-0.25, -0.2) is 0 Å². The first-order valence-corrected chi connectivity index (χ1v) is 4.92. The third kappa shape index (κ3) is 3.41. The SMILES string of the molecule is O=S(=O)(O)c1ccsc1Cl.[KH]. The van der Waals surface area contributed by atoms with Gasteiger partial charge in [0.15, 0.2) is 0 Å². The van der Waals surface area contributed by atoms with Crippen LogP contribution in [0.15, 0.2) is 16.3 Å². The summed E-state index contributed by atoms with van der Waals surface area (Å²) in [6.45, 7) is 0. The van der Waals surface area contributed by atoms with Crippen LogP contribution < -0.4 is 0 Å². The van der Waals surface area contributed by atoms with E-state index in [1.54, 1.807) is 0 Å². The van der Waals surface area contributed by atoms with Gasteiger partial charge in [0.05, 0.1) is 0 Å². The fourth-order valence-corrected chi connectivity index (χ4v) is 2.47. The average Bonchev–Trinajstić information content (AvgIpc) is 2.11. The summed E-state index contributed by atoms with van der Waals surface area (Å²) in [6, 6.07) is 1.25. The van der Waals surface area contributed by atoms with Gasteiger partial charge < -0.3 is 0 Å². The minimum absolute atomic E-state index is 0. The molecule has 0 saturated heterocycles. The Morgan fingerprint density at radius 3 is 2.27 bits per heavy atom. The van der Waals surface area contributed by atoms with Crippen molar-refractivity contribution in [1.29, 1.82) is 0 Å². The zero-order valence-electron chi connectivity index (χ0n) is 4.61. The van der Waals surface area contributed by atoms with Crippen molar-refractivity contribution in [2.24, 2.45) is 0 Å². The van der Waals surface area contributed by atoms with Crippen LogP contribution in [0.2, 0.25) is 4.34 Å². The summed E-state index contributed by atoms with van der Waals surface area (Å²) in [4.78, 5) is -0.223. The maximum absolute atomic E-state index is 10.4. The third-order valence-corrected chi connectivity index (χ3v) is 3.17. The molecule has 0 amide bonds. The van der Waals surface area contributed by atoms with E-state index in [-0.39, 0.29) is 60.6 Å². The van der Waals surface area contributed by atoms with Crippen LogP contribution in [0, 0.1) is 0 Å². The van der Waals surface area contributed by atoms with E-state index in [9.17, 15) is 8.42 Å². The number of halogens is 1. The second-order valence-corrected chi connectivity index (χ2v) is 4.44. The van der Waals surface area contributed by atoms with E-state index in [1.165, 1.54) is 11.4 Å². The van der Waals surface area contributed by atoms with Gasteiger partial charge in [-0.15, -0.1) is 11.3 Å². The summed E-state index contributed by atoms with van der Waals surface area (Å²) >= 11 is 6.46. The van der Waals surface area contributed by atoms with Gasteiger partial charge in [-0.05, 0) is 11.4 Å². The third-order valence-electron chi connectivity index (χ3n) is 0.863. The van der Waals surface area contributed by atoms with E-state index in [2.05, 4.69) is 0 Å². The second-order valence-electron chi connectivity index (χ2n) is 1.53. The van der Waals surface area contributed by atoms with E-state index < -0.39 is 10.1 Å². The Labute approximate surface area is 116 Å². The van der Waals surface area contributed by atoms with E-state index in [1.807, 2.05) is 0 Å². The molecule has 0 bridgehead atoms. The van der Waals surface area contributed by atoms with Crippen LogP contribution in [0.25, 0.3) is 0 Å². The topological polar surface area (TPSA) is 54.4 Å². The molecule has 0 saturated carbocycles. The van der Waals surface area contributed by atoms with Crippen molar-refractivity contribution in [2.75, 3.05) is 0 Å². The standard InChI is InChI=1S/C4H3ClO3S2.K.H/c5-4-3(1-2-9-4)10(6,7)8;;/h1-2H,(H,6,7,8);;.